The van der Waals surface area contributed by atoms with Gasteiger partial charge < -0.3 is 14.6 Å². The summed E-state index contributed by atoms with van der Waals surface area (Å²) in [5.41, 5.74) is 0.732. The highest BCUT2D eigenvalue weighted by Crippen LogP contribution is 2.36. The van der Waals surface area contributed by atoms with E-state index >= 15 is 0 Å². The zero-order chi connectivity index (χ0) is 21.9. The fourth-order valence-corrected chi connectivity index (χ4v) is 3.87. The van der Waals surface area contributed by atoms with Crippen molar-refractivity contribution < 1.29 is 23.8 Å². The van der Waals surface area contributed by atoms with Crippen molar-refractivity contribution in [1.29, 1.82) is 0 Å². The molecule has 3 rings (SSSR count). The van der Waals surface area contributed by atoms with Gasteiger partial charge in [-0.2, -0.15) is 0 Å². The Kier molecular flexibility index (Phi) is 6.61. The standard InChI is InChI=1S/C23H29FN2O4/c1-23(2,3)30-22(28)26-18(11-15-5-8-19(29-4)9-6-15)7-10-20(26)21(27)16-12-17(24)14-25-13-16/h5-6,8-9,12-14,18,20-21,27H,7,10-11H2,1-4H3/t18-,20+,21+/m0/s1. The van der Waals surface area contributed by atoms with Crippen molar-refractivity contribution in [2.45, 2.75) is 63.8 Å². The Bertz CT molecular complexity index is 866. The summed E-state index contributed by atoms with van der Waals surface area (Å²) in [4.78, 5) is 18.5. The van der Waals surface area contributed by atoms with Crippen molar-refractivity contribution in [1.82, 2.24) is 9.88 Å². The number of aliphatic hydroxyl groups is 1. The maximum absolute atomic E-state index is 13.6. The number of ether oxygens (including phenoxy) is 2. The van der Waals surface area contributed by atoms with E-state index in [1.54, 1.807) is 32.8 Å². The van der Waals surface area contributed by atoms with Gasteiger partial charge in [-0.25, -0.2) is 9.18 Å². The molecule has 6 nitrogen and oxygen atoms in total. The van der Waals surface area contributed by atoms with E-state index in [1.165, 1.54) is 12.3 Å². The lowest BCUT2D eigenvalue weighted by Crippen LogP contribution is -2.47. The molecule has 1 aromatic carbocycles. The van der Waals surface area contributed by atoms with Gasteiger partial charge in [0.15, 0.2) is 0 Å². The number of likely N-dealkylation sites (tertiary alicyclic amines) is 1. The molecule has 1 amide bonds. The van der Waals surface area contributed by atoms with Crippen molar-refractivity contribution in [3.63, 3.8) is 0 Å². The fraction of sp³-hybridized carbons (Fsp3) is 0.478. The molecule has 1 saturated heterocycles. The van der Waals surface area contributed by atoms with Gasteiger partial charge in [0, 0.05) is 17.8 Å². The second kappa shape index (κ2) is 9.00. The average molecular weight is 416 g/mol. The van der Waals surface area contributed by atoms with Crippen LogP contribution in [0.1, 0.15) is 50.8 Å². The zero-order valence-electron chi connectivity index (χ0n) is 17.8. The van der Waals surface area contributed by atoms with E-state index in [0.717, 1.165) is 17.5 Å². The molecule has 1 N–H and O–H groups in total. The largest absolute Gasteiger partial charge is 0.497 e. The first-order valence-corrected chi connectivity index (χ1v) is 10.1. The first-order chi connectivity index (χ1) is 14.2. The van der Waals surface area contributed by atoms with Gasteiger partial charge in [-0.1, -0.05) is 12.1 Å². The molecule has 0 radical (unpaired) electrons. The third-order valence-corrected chi connectivity index (χ3v) is 5.21. The Morgan fingerprint density at radius 2 is 1.97 bits per heavy atom. The van der Waals surface area contributed by atoms with Gasteiger partial charge in [-0.15, -0.1) is 0 Å². The van der Waals surface area contributed by atoms with Gasteiger partial charge in [-0.3, -0.25) is 9.88 Å². The van der Waals surface area contributed by atoms with Crippen LogP contribution in [0, 0.1) is 5.82 Å². The third kappa shape index (κ3) is 5.27. The van der Waals surface area contributed by atoms with E-state index in [4.69, 9.17) is 9.47 Å². The van der Waals surface area contributed by atoms with Crippen LogP contribution in [-0.4, -0.2) is 45.9 Å². The van der Waals surface area contributed by atoms with Crippen molar-refractivity contribution in [3.8, 4) is 5.75 Å². The summed E-state index contributed by atoms with van der Waals surface area (Å²) >= 11 is 0. The minimum atomic E-state index is -1.05. The summed E-state index contributed by atoms with van der Waals surface area (Å²) in [5, 5.41) is 10.9. The molecule has 2 heterocycles. The zero-order valence-corrected chi connectivity index (χ0v) is 17.8. The van der Waals surface area contributed by atoms with Crippen LogP contribution >= 0.6 is 0 Å². The smallest absolute Gasteiger partial charge is 0.410 e. The van der Waals surface area contributed by atoms with Gasteiger partial charge in [0.1, 0.15) is 23.3 Å². The van der Waals surface area contributed by atoms with Gasteiger partial charge in [0.05, 0.1) is 19.3 Å². The normalized spacial score (nSPS) is 20.1. The quantitative estimate of drug-likeness (QED) is 0.788. The number of rotatable bonds is 5. The van der Waals surface area contributed by atoms with Crippen LogP contribution in [0.5, 0.6) is 5.75 Å². The minimum Gasteiger partial charge on any atom is -0.497 e. The summed E-state index contributed by atoms with van der Waals surface area (Å²) in [7, 11) is 1.61. The number of carbonyl (C=O) groups excluding carboxylic acids is 1. The van der Waals surface area contributed by atoms with E-state index in [-0.39, 0.29) is 6.04 Å². The molecular weight excluding hydrogens is 387 g/mol. The molecule has 2 aromatic rings. The van der Waals surface area contributed by atoms with Crippen LogP contribution in [-0.2, 0) is 11.2 Å². The summed E-state index contributed by atoms with van der Waals surface area (Å²) in [5.74, 6) is 0.240. The van der Waals surface area contributed by atoms with Crippen molar-refractivity contribution in [2.75, 3.05) is 7.11 Å². The van der Waals surface area contributed by atoms with E-state index in [9.17, 15) is 14.3 Å². The predicted molar refractivity (Wildman–Crippen MR) is 111 cm³/mol. The van der Waals surface area contributed by atoms with Crippen LogP contribution in [0.4, 0.5) is 9.18 Å². The Labute approximate surface area is 176 Å². The molecule has 1 aromatic heterocycles. The van der Waals surface area contributed by atoms with Crippen molar-refractivity contribution in [3.05, 3.63) is 59.7 Å². The van der Waals surface area contributed by atoms with Gasteiger partial charge in [0.25, 0.3) is 0 Å². The number of aromatic nitrogens is 1. The monoisotopic (exact) mass is 416 g/mol. The number of methoxy groups -OCH3 is 1. The van der Waals surface area contributed by atoms with Crippen molar-refractivity contribution in [2.24, 2.45) is 0 Å². The third-order valence-electron chi connectivity index (χ3n) is 5.21. The van der Waals surface area contributed by atoms with Crippen LogP contribution in [0.3, 0.4) is 0 Å². The van der Waals surface area contributed by atoms with Crippen LogP contribution in [0.2, 0.25) is 0 Å². The highest BCUT2D eigenvalue weighted by Gasteiger charge is 2.43. The summed E-state index contributed by atoms with van der Waals surface area (Å²) in [6.45, 7) is 5.42. The Morgan fingerprint density at radius 1 is 1.27 bits per heavy atom. The highest BCUT2D eigenvalue weighted by atomic mass is 19.1. The first kappa shape index (κ1) is 22.0. The molecule has 0 bridgehead atoms. The summed E-state index contributed by atoms with van der Waals surface area (Å²) in [6, 6.07) is 8.28. The SMILES string of the molecule is COc1ccc(C[C@@H]2CC[C@H]([C@H](O)c3cncc(F)c3)N2C(=O)OC(C)(C)C)cc1. The molecule has 162 valence electrons. The van der Waals surface area contributed by atoms with E-state index in [0.29, 0.717) is 24.8 Å². The molecule has 7 heteroatoms. The average Bonchev–Trinajstić information content (AvgIpc) is 3.10. The molecule has 30 heavy (non-hydrogen) atoms. The number of pyridine rings is 1. The number of carbonyl (C=O) groups is 1. The van der Waals surface area contributed by atoms with E-state index < -0.39 is 29.7 Å². The van der Waals surface area contributed by atoms with Gasteiger partial charge in [-0.05, 0) is 63.8 Å². The lowest BCUT2D eigenvalue weighted by atomic mass is 10.0. The minimum absolute atomic E-state index is 0.144. The number of hydrogen-bond donors (Lipinski definition) is 1. The van der Waals surface area contributed by atoms with Crippen LogP contribution in [0.15, 0.2) is 42.7 Å². The second-order valence-corrected chi connectivity index (χ2v) is 8.62. The number of nitrogens with zero attached hydrogens (tertiary/aromatic N) is 2. The topological polar surface area (TPSA) is 71.9 Å². The second-order valence-electron chi connectivity index (χ2n) is 8.62. The molecule has 0 aliphatic carbocycles. The van der Waals surface area contributed by atoms with E-state index in [1.807, 2.05) is 24.3 Å². The number of amides is 1. The number of aliphatic hydroxyl groups excluding tert-OH is 1. The van der Waals surface area contributed by atoms with Crippen LogP contribution in [0.25, 0.3) is 0 Å². The van der Waals surface area contributed by atoms with E-state index in [2.05, 4.69) is 4.98 Å². The molecular formula is C23H29FN2O4. The Morgan fingerprint density at radius 3 is 2.57 bits per heavy atom. The maximum atomic E-state index is 13.6. The number of halogens is 1. The molecule has 1 aliphatic heterocycles. The first-order valence-electron chi connectivity index (χ1n) is 10.1. The fourth-order valence-electron chi connectivity index (χ4n) is 3.87. The molecule has 1 aliphatic rings. The Balaban J connectivity index is 1.85. The molecule has 3 atom stereocenters. The summed E-state index contributed by atoms with van der Waals surface area (Å²) < 4.78 is 24.5. The Hall–Kier alpha value is -2.67. The number of benzene rings is 1. The van der Waals surface area contributed by atoms with Crippen molar-refractivity contribution >= 4 is 6.09 Å². The molecule has 0 saturated carbocycles. The molecule has 0 unspecified atom stereocenters. The summed E-state index contributed by atoms with van der Waals surface area (Å²) in [6.07, 6.45) is 2.89. The molecule has 1 fully saturated rings. The van der Waals surface area contributed by atoms with Crippen LogP contribution < -0.4 is 4.74 Å². The van der Waals surface area contributed by atoms with Gasteiger partial charge in [0.2, 0.25) is 0 Å². The predicted octanol–water partition coefficient (Wildman–Crippen LogP) is 4.27. The molecule has 0 spiro atoms. The lowest BCUT2D eigenvalue weighted by Gasteiger charge is -2.34. The lowest BCUT2D eigenvalue weighted by molar-refractivity contribution is -0.00462. The number of hydrogen-bond acceptors (Lipinski definition) is 5. The highest BCUT2D eigenvalue weighted by molar-refractivity contribution is 5.69. The maximum Gasteiger partial charge on any atom is 0.410 e. The van der Waals surface area contributed by atoms with Gasteiger partial charge >= 0.3 is 6.09 Å².